The van der Waals surface area contributed by atoms with Crippen molar-refractivity contribution in [3.8, 4) is 0 Å². The van der Waals surface area contributed by atoms with Crippen molar-refractivity contribution in [1.29, 1.82) is 0 Å². The number of amides is 2. The number of rotatable bonds is 6. The molecule has 3 unspecified atom stereocenters. The molecule has 0 aliphatic carbocycles. The van der Waals surface area contributed by atoms with Gasteiger partial charge in [-0.05, 0) is 19.4 Å². The van der Waals surface area contributed by atoms with Gasteiger partial charge >= 0.3 is 6.03 Å². The van der Waals surface area contributed by atoms with Gasteiger partial charge in [0.15, 0.2) is 5.82 Å². The van der Waals surface area contributed by atoms with E-state index in [0.717, 1.165) is 17.3 Å². The largest absolute Gasteiger partial charge is 0.389 e. The second-order valence-electron chi connectivity index (χ2n) is 10.2. The first-order valence-corrected chi connectivity index (χ1v) is 12.3. The van der Waals surface area contributed by atoms with E-state index in [2.05, 4.69) is 39.4 Å². The molecule has 11 nitrogen and oxygen atoms in total. The van der Waals surface area contributed by atoms with Gasteiger partial charge in [-0.2, -0.15) is 10.1 Å². The van der Waals surface area contributed by atoms with E-state index < -0.39 is 17.7 Å². The molecule has 3 aromatic heterocycles. The van der Waals surface area contributed by atoms with Gasteiger partial charge in [0.05, 0.1) is 23.6 Å². The van der Waals surface area contributed by atoms with Crippen molar-refractivity contribution in [2.45, 2.75) is 52.4 Å². The van der Waals surface area contributed by atoms with E-state index in [9.17, 15) is 14.3 Å². The number of pyridine rings is 1. The molecular formula is C24H32FN9O2. The molecule has 5 heterocycles. The number of aliphatic hydroxyl groups is 1. The van der Waals surface area contributed by atoms with Gasteiger partial charge in [0.2, 0.25) is 5.95 Å². The number of nitrogens with zero attached hydrogens (tertiary/aromatic N) is 7. The SMILES string of the molecule is CCC(C)n1nc(N2CCNC2=O)c2cnc(Nc3ccnc(N4CC(F)C(O)C(C)(C)C4)n3)cc21. The number of carbonyl (C=O) groups is 1. The maximum absolute atomic E-state index is 14.5. The summed E-state index contributed by atoms with van der Waals surface area (Å²) in [5.41, 5.74) is 0.230. The van der Waals surface area contributed by atoms with Gasteiger partial charge in [-0.1, -0.05) is 20.8 Å². The Kier molecular flexibility index (Phi) is 6.15. The molecule has 2 aliphatic heterocycles. The summed E-state index contributed by atoms with van der Waals surface area (Å²) in [7, 11) is 0. The Bertz CT molecular complexity index is 1280. The third-order valence-electron chi connectivity index (χ3n) is 7.01. The van der Waals surface area contributed by atoms with Crippen molar-refractivity contribution in [2.24, 2.45) is 5.41 Å². The van der Waals surface area contributed by atoms with Crippen LogP contribution in [0.5, 0.6) is 0 Å². The fraction of sp³-hybridized carbons (Fsp3) is 0.542. The summed E-state index contributed by atoms with van der Waals surface area (Å²) < 4.78 is 16.4. The summed E-state index contributed by atoms with van der Waals surface area (Å²) in [6.07, 6.45) is 1.79. The number of hydrogen-bond donors (Lipinski definition) is 3. The molecule has 0 saturated carbocycles. The smallest absolute Gasteiger partial charge is 0.323 e. The summed E-state index contributed by atoms with van der Waals surface area (Å²) in [5, 5.41) is 21.8. The second-order valence-corrected chi connectivity index (χ2v) is 10.2. The highest BCUT2D eigenvalue weighted by Gasteiger charge is 2.42. The Hall–Kier alpha value is -3.54. The van der Waals surface area contributed by atoms with Crippen LogP contribution in [0.2, 0.25) is 0 Å². The summed E-state index contributed by atoms with van der Waals surface area (Å²) in [4.78, 5) is 29.2. The maximum atomic E-state index is 14.5. The lowest BCUT2D eigenvalue weighted by atomic mass is 9.80. The molecule has 3 aromatic rings. The summed E-state index contributed by atoms with van der Waals surface area (Å²) >= 11 is 0. The third-order valence-corrected chi connectivity index (χ3v) is 7.01. The van der Waals surface area contributed by atoms with Crippen LogP contribution in [0.1, 0.15) is 40.2 Å². The minimum atomic E-state index is -1.38. The zero-order chi connectivity index (χ0) is 25.6. The number of alkyl halides is 1. The molecule has 192 valence electrons. The number of piperidine rings is 1. The predicted octanol–water partition coefficient (Wildman–Crippen LogP) is 3.01. The van der Waals surface area contributed by atoms with Crippen LogP contribution in [0, 0.1) is 5.41 Å². The summed E-state index contributed by atoms with van der Waals surface area (Å²) in [6.45, 7) is 9.43. The first kappa shape index (κ1) is 24.2. The lowest BCUT2D eigenvalue weighted by Gasteiger charge is -2.43. The maximum Gasteiger partial charge on any atom is 0.323 e. The monoisotopic (exact) mass is 497 g/mol. The van der Waals surface area contributed by atoms with Crippen LogP contribution < -0.4 is 20.4 Å². The van der Waals surface area contributed by atoms with Gasteiger partial charge in [0.25, 0.3) is 0 Å². The number of anilines is 4. The molecule has 2 aliphatic rings. The normalized spacial score (nSPS) is 22.7. The number of carbonyl (C=O) groups excluding carboxylic acids is 1. The van der Waals surface area contributed by atoms with E-state index in [0.29, 0.717) is 43.0 Å². The molecule has 0 aromatic carbocycles. The zero-order valence-corrected chi connectivity index (χ0v) is 20.9. The van der Waals surface area contributed by atoms with E-state index in [-0.39, 0.29) is 18.6 Å². The first-order chi connectivity index (χ1) is 17.2. The van der Waals surface area contributed by atoms with Crippen molar-refractivity contribution >= 4 is 40.3 Å². The average Bonchev–Trinajstić information content (AvgIpc) is 3.44. The fourth-order valence-corrected chi connectivity index (χ4v) is 4.77. The number of fused-ring (bicyclic) bond motifs is 1. The van der Waals surface area contributed by atoms with Gasteiger partial charge in [-0.3, -0.25) is 9.58 Å². The highest BCUT2D eigenvalue weighted by atomic mass is 19.1. The number of halogens is 1. The minimum absolute atomic E-state index is 0.0270. The third kappa shape index (κ3) is 4.29. The molecule has 36 heavy (non-hydrogen) atoms. The Balaban J connectivity index is 1.44. The molecule has 2 saturated heterocycles. The standard InChI is InChI=1S/C24H32FN9O2/c1-5-14(2)34-17-10-19(28-11-15(17)21(31-34)33-9-8-27-23(33)36)29-18-6-7-26-22(30-18)32-12-16(25)20(35)24(3,4)13-32/h6-7,10-11,14,16,20,35H,5,8-9,12-13H2,1-4H3,(H,27,36)(H,26,28,29,30). The minimum Gasteiger partial charge on any atom is -0.389 e. The molecule has 0 bridgehead atoms. The molecule has 2 fully saturated rings. The number of nitrogens with one attached hydrogen (secondary N) is 2. The summed E-state index contributed by atoms with van der Waals surface area (Å²) in [5.74, 6) is 2.06. The van der Waals surface area contributed by atoms with Gasteiger partial charge < -0.3 is 20.6 Å². The van der Waals surface area contributed by atoms with Crippen molar-refractivity contribution in [1.82, 2.24) is 30.0 Å². The van der Waals surface area contributed by atoms with Crippen LogP contribution in [0.25, 0.3) is 10.9 Å². The van der Waals surface area contributed by atoms with Crippen molar-refractivity contribution in [3.05, 3.63) is 24.5 Å². The highest BCUT2D eigenvalue weighted by molar-refractivity contribution is 6.02. The highest BCUT2D eigenvalue weighted by Crippen LogP contribution is 2.34. The van der Waals surface area contributed by atoms with E-state index >= 15 is 0 Å². The topological polar surface area (TPSA) is 124 Å². The average molecular weight is 498 g/mol. The van der Waals surface area contributed by atoms with Crippen molar-refractivity contribution in [3.63, 3.8) is 0 Å². The molecule has 3 atom stereocenters. The molecule has 3 N–H and O–H groups in total. The Morgan fingerprint density at radius 3 is 2.83 bits per heavy atom. The summed E-state index contributed by atoms with van der Waals surface area (Å²) in [6, 6.07) is 3.58. The van der Waals surface area contributed by atoms with E-state index in [1.54, 1.807) is 28.3 Å². The van der Waals surface area contributed by atoms with Crippen LogP contribution in [-0.4, -0.2) is 74.3 Å². The first-order valence-electron chi connectivity index (χ1n) is 12.3. The lowest BCUT2D eigenvalue weighted by molar-refractivity contribution is -0.0257. The van der Waals surface area contributed by atoms with E-state index in [1.165, 1.54) is 0 Å². The number of aliphatic hydroxyl groups excluding tert-OH is 1. The van der Waals surface area contributed by atoms with E-state index in [1.807, 2.05) is 24.6 Å². The van der Waals surface area contributed by atoms with Crippen LogP contribution in [0.15, 0.2) is 24.5 Å². The number of urea groups is 1. The van der Waals surface area contributed by atoms with Crippen molar-refractivity contribution in [2.75, 3.05) is 41.3 Å². The van der Waals surface area contributed by atoms with Gasteiger partial charge in [-0.25, -0.2) is 19.2 Å². The predicted molar refractivity (Wildman–Crippen MR) is 135 cm³/mol. The van der Waals surface area contributed by atoms with Crippen LogP contribution in [0.3, 0.4) is 0 Å². The van der Waals surface area contributed by atoms with Crippen LogP contribution in [-0.2, 0) is 0 Å². The lowest BCUT2D eigenvalue weighted by Crippen LogP contribution is -2.55. The molecule has 0 spiro atoms. The quantitative estimate of drug-likeness (QED) is 0.475. The van der Waals surface area contributed by atoms with Gasteiger partial charge in [-0.15, -0.1) is 0 Å². The zero-order valence-electron chi connectivity index (χ0n) is 20.9. The van der Waals surface area contributed by atoms with Gasteiger partial charge in [0, 0.05) is 49.6 Å². The number of hydrogen-bond acceptors (Lipinski definition) is 8. The van der Waals surface area contributed by atoms with Crippen LogP contribution >= 0.6 is 0 Å². The Morgan fingerprint density at radius 1 is 1.33 bits per heavy atom. The molecule has 12 heteroatoms. The molecule has 0 radical (unpaired) electrons. The molecule has 5 rings (SSSR count). The Labute approximate surface area is 208 Å². The van der Waals surface area contributed by atoms with Gasteiger partial charge in [0.1, 0.15) is 17.8 Å². The van der Waals surface area contributed by atoms with E-state index in [4.69, 9.17) is 5.10 Å². The second kappa shape index (κ2) is 9.16. The van der Waals surface area contributed by atoms with Crippen LogP contribution in [0.4, 0.5) is 32.6 Å². The molecular weight excluding hydrogens is 465 g/mol. The number of aromatic nitrogens is 5. The Morgan fingerprint density at radius 2 is 2.14 bits per heavy atom. The fourth-order valence-electron chi connectivity index (χ4n) is 4.77. The molecule has 2 amide bonds. The van der Waals surface area contributed by atoms with Crippen molar-refractivity contribution < 1.29 is 14.3 Å².